The minimum Gasteiger partial charge on any atom is -0.368 e. The summed E-state index contributed by atoms with van der Waals surface area (Å²) < 4.78 is 26.2. The van der Waals surface area contributed by atoms with Gasteiger partial charge in [0.05, 0.1) is 5.69 Å². The summed E-state index contributed by atoms with van der Waals surface area (Å²) in [6.45, 7) is 0. The molecular weight excluding hydrogens is 330 g/mol. The van der Waals surface area contributed by atoms with E-state index < -0.39 is 29.5 Å². The van der Waals surface area contributed by atoms with Crippen molar-refractivity contribution < 1.29 is 18.4 Å². The van der Waals surface area contributed by atoms with Crippen LogP contribution >= 0.6 is 0 Å². The first-order chi connectivity index (χ1) is 12.0. The predicted molar refractivity (Wildman–Crippen MR) is 88.9 cm³/mol. The van der Waals surface area contributed by atoms with Crippen molar-refractivity contribution in [3.8, 4) is 0 Å². The maximum Gasteiger partial charge on any atom is 0.271 e. The van der Waals surface area contributed by atoms with E-state index in [0.29, 0.717) is 5.69 Å². The second-order valence-corrected chi connectivity index (χ2v) is 5.43. The average molecular weight is 344 g/mol. The quantitative estimate of drug-likeness (QED) is 0.889. The Morgan fingerprint density at radius 3 is 2.48 bits per heavy atom. The molecule has 0 fully saturated rings. The van der Waals surface area contributed by atoms with E-state index in [1.165, 1.54) is 11.1 Å². The number of hydrogen-bond donors (Lipinski definition) is 2. The fraction of sp³-hybridized carbons (Fsp3) is 0.118. The third kappa shape index (κ3) is 3.47. The van der Waals surface area contributed by atoms with E-state index in [1.54, 1.807) is 30.3 Å². The van der Waals surface area contributed by atoms with Gasteiger partial charge in [-0.05, 0) is 24.3 Å². The van der Waals surface area contributed by atoms with Crippen LogP contribution in [0.15, 0.2) is 53.6 Å². The largest absolute Gasteiger partial charge is 0.368 e. The molecule has 2 amide bonds. The second-order valence-electron chi connectivity index (χ2n) is 5.43. The Bertz CT molecular complexity index is 855. The Hall–Kier alpha value is -3.29. The summed E-state index contributed by atoms with van der Waals surface area (Å²) in [5, 5.41) is 7.97. The highest BCUT2D eigenvalue weighted by Crippen LogP contribution is 2.25. The van der Waals surface area contributed by atoms with Gasteiger partial charge in [0.25, 0.3) is 5.91 Å². The topological polar surface area (TPSA) is 87.8 Å². The summed E-state index contributed by atoms with van der Waals surface area (Å²) in [4.78, 5) is 24.0. The highest BCUT2D eigenvalue weighted by molar-refractivity contribution is 6.44. The Kier molecular flexibility index (Phi) is 4.42. The Labute approximate surface area is 141 Å². The van der Waals surface area contributed by atoms with Crippen molar-refractivity contribution in [1.29, 1.82) is 0 Å². The molecule has 3 N–H and O–H groups in total. The molecule has 1 atom stereocenters. The molecule has 2 aromatic rings. The SMILES string of the molecule is NC(=O)C1CC(C(=O)Nc2ccc(F)c(F)c2)=NN1c1ccccc1. The fourth-order valence-corrected chi connectivity index (χ4v) is 2.46. The average Bonchev–Trinajstić information content (AvgIpc) is 3.05. The number of carbonyl (C=O) groups is 2. The Morgan fingerprint density at radius 2 is 1.84 bits per heavy atom. The standard InChI is InChI=1S/C17H14F2N4O2/c18-12-7-6-10(8-13(12)19)21-17(25)14-9-15(16(20)24)23(22-14)11-4-2-1-3-5-11/h1-8,15H,9H2,(H2,20,24)(H,21,25). The number of amides is 2. The first-order valence-electron chi connectivity index (χ1n) is 7.43. The van der Waals surface area contributed by atoms with Gasteiger partial charge < -0.3 is 11.1 Å². The van der Waals surface area contributed by atoms with E-state index in [2.05, 4.69) is 10.4 Å². The Balaban J connectivity index is 1.82. The van der Waals surface area contributed by atoms with E-state index in [-0.39, 0.29) is 17.8 Å². The molecule has 1 heterocycles. The van der Waals surface area contributed by atoms with Gasteiger partial charge in [-0.25, -0.2) is 8.78 Å². The molecule has 6 nitrogen and oxygen atoms in total. The number of anilines is 2. The van der Waals surface area contributed by atoms with Crippen molar-refractivity contribution in [2.75, 3.05) is 10.3 Å². The van der Waals surface area contributed by atoms with E-state index in [1.807, 2.05) is 0 Å². The summed E-state index contributed by atoms with van der Waals surface area (Å²) in [5.41, 5.74) is 6.16. The van der Waals surface area contributed by atoms with Crippen LogP contribution < -0.4 is 16.1 Å². The maximum absolute atomic E-state index is 13.2. The van der Waals surface area contributed by atoms with Crippen LogP contribution in [0.3, 0.4) is 0 Å². The molecule has 128 valence electrons. The van der Waals surface area contributed by atoms with Crippen molar-refractivity contribution in [3.05, 3.63) is 60.2 Å². The van der Waals surface area contributed by atoms with Crippen molar-refractivity contribution >= 4 is 28.9 Å². The van der Waals surface area contributed by atoms with E-state index in [0.717, 1.165) is 12.1 Å². The Morgan fingerprint density at radius 1 is 1.12 bits per heavy atom. The molecule has 0 saturated carbocycles. The first-order valence-corrected chi connectivity index (χ1v) is 7.43. The van der Waals surface area contributed by atoms with Crippen molar-refractivity contribution in [2.24, 2.45) is 10.8 Å². The molecule has 1 aliphatic rings. The zero-order valence-corrected chi connectivity index (χ0v) is 12.9. The van der Waals surface area contributed by atoms with Gasteiger partial charge in [0.15, 0.2) is 11.6 Å². The van der Waals surface area contributed by atoms with Gasteiger partial charge in [-0.3, -0.25) is 14.6 Å². The molecule has 0 aliphatic carbocycles. The molecule has 0 radical (unpaired) electrons. The molecule has 8 heteroatoms. The number of hydrazone groups is 1. The summed E-state index contributed by atoms with van der Waals surface area (Å²) >= 11 is 0. The molecule has 2 aromatic carbocycles. The number of nitrogens with two attached hydrogens (primary N) is 1. The van der Waals surface area contributed by atoms with Gasteiger partial charge in [-0.1, -0.05) is 18.2 Å². The van der Waals surface area contributed by atoms with Crippen LogP contribution in [-0.4, -0.2) is 23.6 Å². The number of benzene rings is 2. The molecule has 0 aromatic heterocycles. The molecule has 0 bridgehead atoms. The lowest BCUT2D eigenvalue weighted by Crippen LogP contribution is -2.39. The number of nitrogens with zero attached hydrogens (tertiary/aromatic N) is 2. The van der Waals surface area contributed by atoms with E-state index in [4.69, 9.17) is 5.73 Å². The maximum atomic E-state index is 13.2. The third-order valence-electron chi connectivity index (χ3n) is 3.70. The van der Waals surface area contributed by atoms with Crippen molar-refractivity contribution in [1.82, 2.24) is 0 Å². The number of halogens is 2. The zero-order chi connectivity index (χ0) is 18.0. The third-order valence-corrected chi connectivity index (χ3v) is 3.70. The predicted octanol–water partition coefficient (Wildman–Crippen LogP) is 2.02. The van der Waals surface area contributed by atoms with Crippen molar-refractivity contribution in [3.63, 3.8) is 0 Å². The monoisotopic (exact) mass is 344 g/mol. The van der Waals surface area contributed by atoms with Gasteiger partial charge in [0, 0.05) is 18.2 Å². The van der Waals surface area contributed by atoms with Gasteiger partial charge in [-0.15, -0.1) is 0 Å². The van der Waals surface area contributed by atoms with Gasteiger partial charge in [0.2, 0.25) is 5.91 Å². The van der Waals surface area contributed by atoms with Crippen LogP contribution in [0.4, 0.5) is 20.2 Å². The first kappa shape index (κ1) is 16.6. The minimum atomic E-state index is -1.08. The molecule has 3 rings (SSSR count). The van der Waals surface area contributed by atoms with Crippen LogP contribution in [0, 0.1) is 11.6 Å². The minimum absolute atomic E-state index is 0.0136. The summed E-state index contributed by atoms with van der Waals surface area (Å²) in [6.07, 6.45) is 0.0136. The lowest BCUT2D eigenvalue weighted by molar-refractivity contribution is -0.119. The lowest BCUT2D eigenvalue weighted by atomic mass is 10.1. The van der Waals surface area contributed by atoms with E-state index >= 15 is 0 Å². The van der Waals surface area contributed by atoms with Crippen LogP contribution in [-0.2, 0) is 9.59 Å². The van der Waals surface area contributed by atoms with Crippen LogP contribution in [0.5, 0.6) is 0 Å². The molecule has 25 heavy (non-hydrogen) atoms. The number of rotatable bonds is 4. The summed E-state index contributed by atoms with van der Waals surface area (Å²) in [5.74, 6) is -3.33. The number of para-hydroxylation sites is 1. The van der Waals surface area contributed by atoms with Crippen LogP contribution in [0.2, 0.25) is 0 Å². The molecule has 1 aliphatic heterocycles. The molecule has 0 saturated heterocycles. The number of carbonyl (C=O) groups excluding carboxylic acids is 2. The highest BCUT2D eigenvalue weighted by atomic mass is 19.2. The fourth-order valence-electron chi connectivity index (χ4n) is 2.46. The van der Waals surface area contributed by atoms with Gasteiger partial charge in [0.1, 0.15) is 11.8 Å². The summed E-state index contributed by atoms with van der Waals surface area (Å²) in [6, 6.07) is 11.0. The number of nitrogens with one attached hydrogen (secondary N) is 1. The normalized spacial score (nSPS) is 16.5. The highest BCUT2D eigenvalue weighted by Gasteiger charge is 2.34. The van der Waals surface area contributed by atoms with Crippen LogP contribution in [0.1, 0.15) is 6.42 Å². The molecule has 0 spiro atoms. The van der Waals surface area contributed by atoms with E-state index in [9.17, 15) is 18.4 Å². The lowest BCUT2D eigenvalue weighted by Gasteiger charge is -2.20. The zero-order valence-electron chi connectivity index (χ0n) is 12.9. The number of hydrogen-bond acceptors (Lipinski definition) is 4. The summed E-state index contributed by atoms with van der Waals surface area (Å²) in [7, 11) is 0. The smallest absolute Gasteiger partial charge is 0.271 e. The molecular formula is C17H14F2N4O2. The van der Waals surface area contributed by atoms with Gasteiger partial charge in [-0.2, -0.15) is 5.10 Å². The molecule has 1 unspecified atom stereocenters. The van der Waals surface area contributed by atoms with Crippen LogP contribution in [0.25, 0.3) is 0 Å². The number of primary amides is 1. The second kappa shape index (κ2) is 6.68. The van der Waals surface area contributed by atoms with Crippen molar-refractivity contribution in [2.45, 2.75) is 12.5 Å². The van der Waals surface area contributed by atoms with Gasteiger partial charge >= 0.3 is 0 Å².